The molecule has 1 aromatic carbocycles. The first-order valence-corrected chi connectivity index (χ1v) is 8.55. The van der Waals surface area contributed by atoms with Gasteiger partial charge in [0.2, 0.25) is 0 Å². The molecule has 2 aromatic rings. The van der Waals surface area contributed by atoms with E-state index in [1.807, 2.05) is 30.8 Å². The molecule has 0 unspecified atom stereocenters. The van der Waals surface area contributed by atoms with Crippen LogP contribution in [-0.2, 0) is 20.0 Å². The Morgan fingerprint density at radius 1 is 1.16 bits per heavy atom. The summed E-state index contributed by atoms with van der Waals surface area (Å²) in [7, 11) is 3.71. The fraction of sp³-hybridized carbons (Fsp3) is 0.412. The predicted octanol–water partition coefficient (Wildman–Crippen LogP) is 3.87. The molecule has 0 aliphatic rings. The van der Waals surface area contributed by atoms with Crippen LogP contribution in [0.3, 0.4) is 0 Å². The standard InChI is InChI=1S/C17H23Cl2N5.HI/c1-11-16(12(2)24(4)23-11)10-22-17(20-3)21-6-5-13-7-14(18)9-15(19)8-13;/h7-9H,5-6,10H2,1-4H3,(H2,20,21,22);1H. The average Bonchev–Trinajstić information content (AvgIpc) is 2.75. The zero-order valence-electron chi connectivity index (χ0n) is 14.9. The Bertz CT molecular complexity index is 723. The zero-order chi connectivity index (χ0) is 17.7. The fourth-order valence-electron chi connectivity index (χ4n) is 2.55. The van der Waals surface area contributed by atoms with Crippen LogP contribution in [0.15, 0.2) is 23.2 Å². The quantitative estimate of drug-likeness (QED) is 0.376. The molecule has 25 heavy (non-hydrogen) atoms. The third-order valence-electron chi connectivity index (χ3n) is 3.94. The minimum Gasteiger partial charge on any atom is -0.356 e. The molecule has 0 bridgehead atoms. The van der Waals surface area contributed by atoms with Gasteiger partial charge < -0.3 is 10.6 Å². The van der Waals surface area contributed by atoms with Gasteiger partial charge in [0.1, 0.15) is 0 Å². The van der Waals surface area contributed by atoms with Crippen LogP contribution in [0, 0.1) is 13.8 Å². The van der Waals surface area contributed by atoms with Gasteiger partial charge >= 0.3 is 0 Å². The monoisotopic (exact) mass is 495 g/mol. The van der Waals surface area contributed by atoms with Crippen LogP contribution in [0.25, 0.3) is 0 Å². The summed E-state index contributed by atoms with van der Waals surface area (Å²) in [6, 6.07) is 5.58. The van der Waals surface area contributed by atoms with Gasteiger partial charge in [0.15, 0.2) is 5.96 Å². The molecule has 1 heterocycles. The molecule has 0 atom stereocenters. The number of aromatic nitrogens is 2. The van der Waals surface area contributed by atoms with Crippen molar-refractivity contribution in [3.8, 4) is 0 Å². The molecular weight excluding hydrogens is 472 g/mol. The van der Waals surface area contributed by atoms with Gasteiger partial charge in [-0.05, 0) is 44.0 Å². The van der Waals surface area contributed by atoms with E-state index in [0.717, 1.165) is 35.9 Å². The van der Waals surface area contributed by atoms with Crippen LogP contribution >= 0.6 is 47.2 Å². The van der Waals surface area contributed by atoms with Gasteiger partial charge in [-0.1, -0.05) is 23.2 Å². The SMILES string of the molecule is CN=C(NCCc1cc(Cl)cc(Cl)c1)NCc1c(C)nn(C)c1C.I. The smallest absolute Gasteiger partial charge is 0.191 e. The van der Waals surface area contributed by atoms with E-state index in [1.165, 1.54) is 5.56 Å². The van der Waals surface area contributed by atoms with Gasteiger partial charge in [0, 0.05) is 48.5 Å². The van der Waals surface area contributed by atoms with Crippen LogP contribution in [0.2, 0.25) is 10.0 Å². The number of aryl methyl sites for hydroxylation is 2. The molecule has 8 heteroatoms. The molecule has 5 nitrogen and oxygen atoms in total. The van der Waals surface area contributed by atoms with Crippen molar-refractivity contribution in [3.05, 3.63) is 50.8 Å². The van der Waals surface area contributed by atoms with E-state index in [4.69, 9.17) is 23.2 Å². The highest BCUT2D eigenvalue weighted by Crippen LogP contribution is 2.19. The number of nitrogens with zero attached hydrogens (tertiary/aromatic N) is 3. The van der Waals surface area contributed by atoms with Gasteiger partial charge in [-0.3, -0.25) is 9.67 Å². The molecule has 0 spiro atoms. The van der Waals surface area contributed by atoms with Gasteiger partial charge in [0.25, 0.3) is 0 Å². The third kappa shape index (κ3) is 6.34. The highest BCUT2D eigenvalue weighted by atomic mass is 127. The maximum absolute atomic E-state index is 6.02. The van der Waals surface area contributed by atoms with Crippen LogP contribution in [-0.4, -0.2) is 29.3 Å². The molecule has 0 saturated heterocycles. The summed E-state index contributed by atoms with van der Waals surface area (Å²) >= 11 is 12.0. The molecule has 138 valence electrons. The number of benzene rings is 1. The topological polar surface area (TPSA) is 54.2 Å². The van der Waals surface area contributed by atoms with Gasteiger partial charge in [-0.25, -0.2) is 0 Å². The molecule has 2 N–H and O–H groups in total. The van der Waals surface area contributed by atoms with Gasteiger partial charge in [0.05, 0.1) is 5.69 Å². The van der Waals surface area contributed by atoms with E-state index < -0.39 is 0 Å². The molecule has 0 fully saturated rings. The first kappa shape index (κ1) is 22.1. The average molecular weight is 496 g/mol. The number of aliphatic imine (C=N–C) groups is 1. The second-order valence-electron chi connectivity index (χ2n) is 5.65. The Morgan fingerprint density at radius 3 is 2.32 bits per heavy atom. The van der Waals surface area contributed by atoms with Crippen molar-refractivity contribution in [3.63, 3.8) is 0 Å². The van der Waals surface area contributed by atoms with E-state index >= 15 is 0 Å². The minimum absolute atomic E-state index is 0. The molecule has 2 rings (SSSR count). The Morgan fingerprint density at radius 2 is 1.80 bits per heavy atom. The molecule has 0 radical (unpaired) electrons. The number of hydrogen-bond acceptors (Lipinski definition) is 2. The Hall–Kier alpha value is -0.990. The van der Waals surface area contributed by atoms with Crippen molar-refractivity contribution in [2.24, 2.45) is 12.0 Å². The Labute approximate surface area is 176 Å². The molecule has 0 saturated carbocycles. The molecule has 0 aliphatic heterocycles. The number of halogens is 3. The highest BCUT2D eigenvalue weighted by Gasteiger charge is 2.09. The number of rotatable bonds is 5. The summed E-state index contributed by atoms with van der Waals surface area (Å²) in [5.41, 5.74) is 4.48. The number of guanidine groups is 1. The van der Waals surface area contributed by atoms with E-state index in [0.29, 0.717) is 16.6 Å². The van der Waals surface area contributed by atoms with Gasteiger partial charge in [-0.15, -0.1) is 24.0 Å². The molecule has 0 amide bonds. The first-order valence-electron chi connectivity index (χ1n) is 7.79. The number of nitrogens with one attached hydrogen (secondary N) is 2. The van der Waals surface area contributed by atoms with Crippen molar-refractivity contribution < 1.29 is 0 Å². The third-order valence-corrected chi connectivity index (χ3v) is 4.38. The van der Waals surface area contributed by atoms with Crippen LogP contribution in [0.1, 0.15) is 22.5 Å². The maximum Gasteiger partial charge on any atom is 0.191 e. The lowest BCUT2D eigenvalue weighted by molar-refractivity contribution is 0.728. The summed E-state index contributed by atoms with van der Waals surface area (Å²) < 4.78 is 1.89. The van der Waals surface area contributed by atoms with E-state index in [-0.39, 0.29) is 24.0 Å². The van der Waals surface area contributed by atoms with E-state index in [1.54, 1.807) is 13.1 Å². The lowest BCUT2D eigenvalue weighted by Crippen LogP contribution is -2.38. The van der Waals surface area contributed by atoms with E-state index in [9.17, 15) is 0 Å². The van der Waals surface area contributed by atoms with E-state index in [2.05, 4.69) is 27.6 Å². The predicted molar refractivity (Wildman–Crippen MR) is 116 cm³/mol. The van der Waals surface area contributed by atoms with Crippen LogP contribution in [0.5, 0.6) is 0 Å². The van der Waals surface area contributed by atoms with Crippen molar-refractivity contribution in [1.82, 2.24) is 20.4 Å². The summed E-state index contributed by atoms with van der Waals surface area (Å²) in [4.78, 5) is 4.25. The summed E-state index contributed by atoms with van der Waals surface area (Å²) in [5.74, 6) is 0.755. The maximum atomic E-state index is 6.02. The second kappa shape index (κ2) is 10.2. The molecular formula is C17H24Cl2IN5. The normalized spacial score (nSPS) is 11.2. The van der Waals surface area contributed by atoms with Crippen molar-refractivity contribution in [1.29, 1.82) is 0 Å². The van der Waals surface area contributed by atoms with Crippen LogP contribution < -0.4 is 10.6 Å². The molecule has 1 aromatic heterocycles. The zero-order valence-corrected chi connectivity index (χ0v) is 18.7. The van der Waals surface area contributed by atoms with Crippen molar-refractivity contribution >= 4 is 53.1 Å². The summed E-state index contributed by atoms with van der Waals surface area (Å²) in [6.07, 6.45) is 0.811. The minimum atomic E-state index is 0. The Balaban J connectivity index is 0.00000312. The van der Waals surface area contributed by atoms with Crippen molar-refractivity contribution in [2.75, 3.05) is 13.6 Å². The first-order chi connectivity index (χ1) is 11.4. The Kier molecular flexibility index (Phi) is 9.02. The number of hydrogen-bond donors (Lipinski definition) is 2. The van der Waals surface area contributed by atoms with Crippen molar-refractivity contribution in [2.45, 2.75) is 26.8 Å². The lowest BCUT2D eigenvalue weighted by Gasteiger charge is -2.12. The summed E-state index contributed by atoms with van der Waals surface area (Å²) in [5, 5.41) is 12.4. The highest BCUT2D eigenvalue weighted by molar-refractivity contribution is 14.0. The summed E-state index contributed by atoms with van der Waals surface area (Å²) in [6.45, 7) is 5.51. The fourth-order valence-corrected chi connectivity index (χ4v) is 3.12. The largest absolute Gasteiger partial charge is 0.356 e. The second-order valence-corrected chi connectivity index (χ2v) is 6.53. The van der Waals surface area contributed by atoms with Gasteiger partial charge in [-0.2, -0.15) is 5.10 Å². The lowest BCUT2D eigenvalue weighted by atomic mass is 10.1. The molecule has 0 aliphatic carbocycles. The van der Waals surface area contributed by atoms with Crippen LogP contribution in [0.4, 0.5) is 0 Å².